The van der Waals surface area contributed by atoms with Crippen LogP contribution in [0, 0.1) is 5.41 Å². The molecule has 1 aromatic heterocycles. The Labute approximate surface area is 116 Å². The first kappa shape index (κ1) is 14.2. The molecule has 1 aromatic rings. The Kier molecular flexibility index (Phi) is 3.57. The predicted molar refractivity (Wildman–Crippen MR) is 71.3 cm³/mol. The monoisotopic (exact) mass is 276 g/mol. The number of rotatable bonds is 4. The first-order chi connectivity index (χ1) is 9.45. The van der Waals surface area contributed by atoms with Crippen LogP contribution in [0.15, 0.2) is 18.3 Å². The van der Waals surface area contributed by atoms with Gasteiger partial charge in [0.1, 0.15) is 5.69 Å². The molecule has 0 bridgehead atoms. The SMILES string of the molecule is CCC1(CC)CC(=O)N(c2ccc(C(=O)O)nc2)C1=O. The zero-order valence-corrected chi connectivity index (χ0v) is 11.4. The first-order valence-corrected chi connectivity index (χ1v) is 6.52. The molecule has 106 valence electrons. The average molecular weight is 276 g/mol. The van der Waals surface area contributed by atoms with Crippen LogP contribution in [0.3, 0.4) is 0 Å². The third-order valence-corrected chi connectivity index (χ3v) is 3.97. The van der Waals surface area contributed by atoms with Crippen molar-refractivity contribution in [1.82, 2.24) is 4.98 Å². The van der Waals surface area contributed by atoms with Crippen molar-refractivity contribution < 1.29 is 19.5 Å². The summed E-state index contributed by atoms with van der Waals surface area (Å²) in [6.07, 6.45) is 2.65. The van der Waals surface area contributed by atoms with Gasteiger partial charge in [0, 0.05) is 6.42 Å². The van der Waals surface area contributed by atoms with Gasteiger partial charge in [-0.15, -0.1) is 0 Å². The summed E-state index contributed by atoms with van der Waals surface area (Å²) in [6, 6.07) is 2.73. The van der Waals surface area contributed by atoms with Gasteiger partial charge in [0.25, 0.3) is 0 Å². The van der Waals surface area contributed by atoms with Crippen LogP contribution >= 0.6 is 0 Å². The molecular formula is C14H16N2O4. The molecule has 20 heavy (non-hydrogen) atoms. The van der Waals surface area contributed by atoms with Gasteiger partial charge in [0.15, 0.2) is 0 Å². The van der Waals surface area contributed by atoms with Crippen molar-refractivity contribution in [1.29, 1.82) is 0 Å². The van der Waals surface area contributed by atoms with Crippen LogP contribution in [-0.4, -0.2) is 27.9 Å². The van der Waals surface area contributed by atoms with E-state index in [2.05, 4.69) is 4.98 Å². The molecule has 2 rings (SSSR count). The lowest BCUT2D eigenvalue weighted by Crippen LogP contribution is -2.35. The molecule has 2 heterocycles. The Morgan fingerprint density at radius 2 is 2.00 bits per heavy atom. The molecule has 6 nitrogen and oxygen atoms in total. The average Bonchev–Trinajstić information content (AvgIpc) is 2.70. The highest BCUT2D eigenvalue weighted by molar-refractivity contribution is 6.22. The van der Waals surface area contributed by atoms with E-state index in [4.69, 9.17) is 5.11 Å². The van der Waals surface area contributed by atoms with Crippen LogP contribution in [0.5, 0.6) is 0 Å². The Morgan fingerprint density at radius 1 is 1.35 bits per heavy atom. The molecule has 0 atom stereocenters. The summed E-state index contributed by atoms with van der Waals surface area (Å²) in [6.45, 7) is 3.79. The van der Waals surface area contributed by atoms with Gasteiger partial charge in [0.2, 0.25) is 11.8 Å². The van der Waals surface area contributed by atoms with E-state index in [1.165, 1.54) is 18.3 Å². The van der Waals surface area contributed by atoms with E-state index in [0.717, 1.165) is 4.90 Å². The molecule has 6 heteroatoms. The Bertz CT molecular complexity index is 561. The summed E-state index contributed by atoms with van der Waals surface area (Å²) in [4.78, 5) is 40.2. The molecular weight excluding hydrogens is 260 g/mol. The minimum atomic E-state index is -1.15. The third-order valence-electron chi connectivity index (χ3n) is 3.97. The lowest BCUT2D eigenvalue weighted by Gasteiger charge is -2.23. The van der Waals surface area contributed by atoms with Crippen LogP contribution in [-0.2, 0) is 9.59 Å². The molecule has 1 aliphatic rings. The number of pyridine rings is 1. The summed E-state index contributed by atoms with van der Waals surface area (Å²) in [5.41, 5.74) is -0.429. The number of hydrogen-bond acceptors (Lipinski definition) is 4. The zero-order valence-electron chi connectivity index (χ0n) is 11.4. The van der Waals surface area contributed by atoms with Crippen molar-refractivity contribution >= 4 is 23.5 Å². The maximum absolute atomic E-state index is 12.5. The summed E-state index contributed by atoms with van der Waals surface area (Å²) in [5.74, 6) is -1.63. The smallest absolute Gasteiger partial charge is 0.354 e. The summed E-state index contributed by atoms with van der Waals surface area (Å²) in [7, 11) is 0. The van der Waals surface area contributed by atoms with Gasteiger partial charge in [0.05, 0.1) is 17.3 Å². The fourth-order valence-corrected chi connectivity index (χ4v) is 2.50. The Balaban J connectivity index is 2.35. The second-order valence-electron chi connectivity index (χ2n) is 4.91. The van der Waals surface area contributed by atoms with Crippen molar-refractivity contribution in [3.8, 4) is 0 Å². The predicted octanol–water partition coefficient (Wildman–Crippen LogP) is 1.85. The van der Waals surface area contributed by atoms with Crippen LogP contribution in [0.25, 0.3) is 0 Å². The summed E-state index contributed by atoms with van der Waals surface area (Å²) in [5, 5.41) is 8.79. The quantitative estimate of drug-likeness (QED) is 0.848. The molecule has 1 aliphatic heterocycles. The van der Waals surface area contributed by atoms with Crippen LogP contribution in [0.2, 0.25) is 0 Å². The van der Waals surface area contributed by atoms with Crippen LogP contribution in [0.1, 0.15) is 43.6 Å². The molecule has 1 N–H and O–H groups in total. The Hall–Kier alpha value is -2.24. The number of carbonyl (C=O) groups excluding carboxylic acids is 2. The summed E-state index contributed by atoms with van der Waals surface area (Å²) >= 11 is 0. The molecule has 2 amide bonds. The van der Waals surface area contributed by atoms with Gasteiger partial charge in [-0.1, -0.05) is 13.8 Å². The molecule has 1 saturated heterocycles. The van der Waals surface area contributed by atoms with Gasteiger partial charge in [-0.05, 0) is 25.0 Å². The molecule has 1 fully saturated rings. The molecule has 0 saturated carbocycles. The third kappa shape index (κ3) is 2.07. The van der Waals surface area contributed by atoms with Crippen LogP contribution < -0.4 is 4.90 Å². The maximum Gasteiger partial charge on any atom is 0.354 e. The van der Waals surface area contributed by atoms with Gasteiger partial charge in [-0.3, -0.25) is 9.59 Å². The number of aromatic carboxylic acids is 1. The van der Waals surface area contributed by atoms with Crippen molar-refractivity contribution in [3.05, 3.63) is 24.0 Å². The van der Waals surface area contributed by atoms with E-state index in [9.17, 15) is 14.4 Å². The van der Waals surface area contributed by atoms with Crippen molar-refractivity contribution in [2.24, 2.45) is 5.41 Å². The van der Waals surface area contributed by atoms with Gasteiger partial charge in [-0.25, -0.2) is 14.7 Å². The lowest BCUT2D eigenvalue weighted by atomic mass is 9.81. The number of aromatic nitrogens is 1. The number of anilines is 1. The van der Waals surface area contributed by atoms with E-state index in [-0.39, 0.29) is 23.9 Å². The fourth-order valence-electron chi connectivity index (χ4n) is 2.50. The number of carboxylic acid groups (broad SMARTS) is 1. The molecule has 0 unspecified atom stereocenters. The highest BCUT2D eigenvalue weighted by atomic mass is 16.4. The van der Waals surface area contributed by atoms with E-state index >= 15 is 0 Å². The number of imide groups is 1. The van der Waals surface area contributed by atoms with Gasteiger partial charge >= 0.3 is 5.97 Å². The van der Waals surface area contributed by atoms with Gasteiger partial charge < -0.3 is 5.11 Å². The van der Waals surface area contributed by atoms with E-state index in [1.54, 1.807) is 0 Å². The van der Waals surface area contributed by atoms with Crippen LogP contribution in [0.4, 0.5) is 5.69 Å². The zero-order chi connectivity index (χ0) is 14.9. The minimum absolute atomic E-state index is 0.120. The second-order valence-corrected chi connectivity index (χ2v) is 4.91. The van der Waals surface area contributed by atoms with Gasteiger partial charge in [-0.2, -0.15) is 0 Å². The minimum Gasteiger partial charge on any atom is -0.477 e. The Morgan fingerprint density at radius 3 is 2.40 bits per heavy atom. The first-order valence-electron chi connectivity index (χ1n) is 6.52. The molecule has 0 spiro atoms. The maximum atomic E-state index is 12.5. The van der Waals surface area contributed by atoms with E-state index in [0.29, 0.717) is 18.5 Å². The van der Waals surface area contributed by atoms with E-state index in [1.807, 2.05) is 13.8 Å². The topological polar surface area (TPSA) is 87.6 Å². The number of nitrogens with zero attached hydrogens (tertiary/aromatic N) is 2. The highest BCUT2D eigenvalue weighted by Crippen LogP contribution is 2.40. The van der Waals surface area contributed by atoms with E-state index < -0.39 is 11.4 Å². The second kappa shape index (κ2) is 5.03. The van der Waals surface area contributed by atoms with Crippen molar-refractivity contribution in [3.63, 3.8) is 0 Å². The van der Waals surface area contributed by atoms with Crippen molar-refractivity contribution in [2.45, 2.75) is 33.1 Å². The number of carbonyl (C=O) groups is 3. The summed E-state index contributed by atoms with van der Waals surface area (Å²) < 4.78 is 0. The largest absolute Gasteiger partial charge is 0.477 e. The highest BCUT2D eigenvalue weighted by Gasteiger charge is 2.49. The fraction of sp³-hybridized carbons (Fsp3) is 0.429. The molecule has 0 aliphatic carbocycles. The lowest BCUT2D eigenvalue weighted by molar-refractivity contribution is -0.126. The normalized spacial score (nSPS) is 17.6. The van der Waals surface area contributed by atoms with Crippen molar-refractivity contribution in [2.75, 3.05) is 4.90 Å². The molecule has 0 aromatic carbocycles. The standard InChI is InChI=1S/C14H16N2O4/c1-3-14(4-2)7-11(17)16(13(14)20)9-5-6-10(12(18)19)15-8-9/h5-6,8H,3-4,7H2,1-2H3,(H,18,19). The number of amides is 2. The number of hydrogen-bond donors (Lipinski definition) is 1. The number of carboxylic acids is 1. The molecule has 0 radical (unpaired) electrons.